The molecule has 1 aliphatic heterocycles. The molecule has 1 atom stereocenters. The summed E-state index contributed by atoms with van der Waals surface area (Å²) in [4.78, 5) is 27.7. The number of rotatable bonds is 5. The molecule has 1 amide bonds. The highest BCUT2D eigenvalue weighted by Gasteiger charge is 2.33. The van der Waals surface area contributed by atoms with Gasteiger partial charge in [-0.3, -0.25) is 9.58 Å². The zero-order valence-corrected chi connectivity index (χ0v) is 16.5. The third-order valence-electron chi connectivity index (χ3n) is 5.42. The number of carbonyl (C=O) groups is 2. The number of amides is 1. The maximum Gasteiger partial charge on any atom is 0.409 e. The van der Waals surface area contributed by atoms with Gasteiger partial charge in [-0.25, -0.2) is 9.59 Å². The molecule has 150 valence electrons. The van der Waals surface area contributed by atoms with Crippen molar-refractivity contribution in [1.82, 2.24) is 19.6 Å². The minimum absolute atomic E-state index is 0.209. The van der Waals surface area contributed by atoms with Gasteiger partial charge in [-0.05, 0) is 32.1 Å². The lowest BCUT2D eigenvalue weighted by atomic mass is 9.90. The molecular formula is C19H30N4O4. The predicted octanol–water partition coefficient (Wildman–Crippen LogP) is 1.87. The van der Waals surface area contributed by atoms with Crippen molar-refractivity contribution in [2.75, 3.05) is 32.8 Å². The van der Waals surface area contributed by atoms with E-state index in [1.165, 1.54) is 0 Å². The fraction of sp³-hybridized carbons (Fsp3) is 0.737. The molecule has 1 aromatic rings. The SMILES string of the molecule is CCOC(=O)N1CCN([C@@H]2CCc3c(c(C(=O)O)nn3CC(C)C)C2)CC1. The topological polar surface area (TPSA) is 87.9 Å². The second-order valence-electron chi connectivity index (χ2n) is 7.77. The van der Waals surface area contributed by atoms with Crippen molar-refractivity contribution in [2.24, 2.45) is 5.92 Å². The van der Waals surface area contributed by atoms with Crippen molar-refractivity contribution in [3.63, 3.8) is 0 Å². The summed E-state index contributed by atoms with van der Waals surface area (Å²) in [6.45, 7) is 10.1. The van der Waals surface area contributed by atoms with Gasteiger partial charge in [0.15, 0.2) is 5.69 Å². The lowest BCUT2D eigenvalue weighted by Crippen LogP contribution is -2.53. The number of carbonyl (C=O) groups excluding carboxylic acids is 1. The Kier molecular flexibility index (Phi) is 6.04. The van der Waals surface area contributed by atoms with Gasteiger partial charge in [0, 0.05) is 50.0 Å². The summed E-state index contributed by atoms with van der Waals surface area (Å²) in [5, 5.41) is 14.0. The van der Waals surface area contributed by atoms with Gasteiger partial charge < -0.3 is 14.7 Å². The summed E-state index contributed by atoms with van der Waals surface area (Å²) < 4.78 is 6.98. The molecule has 1 aliphatic carbocycles. The van der Waals surface area contributed by atoms with Crippen LogP contribution in [0.15, 0.2) is 0 Å². The van der Waals surface area contributed by atoms with Crippen molar-refractivity contribution in [3.8, 4) is 0 Å². The van der Waals surface area contributed by atoms with Crippen molar-refractivity contribution in [2.45, 2.75) is 52.6 Å². The van der Waals surface area contributed by atoms with Crippen LogP contribution in [0.3, 0.4) is 0 Å². The summed E-state index contributed by atoms with van der Waals surface area (Å²) in [5.41, 5.74) is 2.19. The third-order valence-corrected chi connectivity index (χ3v) is 5.42. The number of hydrogen-bond acceptors (Lipinski definition) is 5. The van der Waals surface area contributed by atoms with Crippen LogP contribution in [0, 0.1) is 5.92 Å². The molecule has 0 radical (unpaired) electrons. The smallest absolute Gasteiger partial charge is 0.409 e. The van der Waals surface area contributed by atoms with Crippen molar-refractivity contribution < 1.29 is 19.4 Å². The van der Waals surface area contributed by atoms with E-state index in [-0.39, 0.29) is 11.8 Å². The maximum atomic E-state index is 11.9. The first kappa shape index (κ1) is 19.7. The first-order valence-electron chi connectivity index (χ1n) is 9.88. The molecule has 1 fully saturated rings. The molecule has 2 heterocycles. The standard InChI is InChI=1S/C19H30N4O4/c1-4-27-19(26)22-9-7-21(8-10-22)14-5-6-16-15(11-14)17(18(24)25)20-23(16)12-13(2)3/h13-14H,4-12H2,1-3H3,(H,24,25)/t14-/m1/s1. The van der Waals surface area contributed by atoms with Crippen LogP contribution in [0.25, 0.3) is 0 Å². The molecule has 0 aromatic carbocycles. The van der Waals surface area contributed by atoms with Gasteiger partial charge in [-0.1, -0.05) is 13.8 Å². The van der Waals surface area contributed by atoms with Crippen LogP contribution in [0.5, 0.6) is 0 Å². The Bertz CT molecular complexity index is 692. The van der Waals surface area contributed by atoms with E-state index in [1.807, 2.05) is 11.6 Å². The summed E-state index contributed by atoms with van der Waals surface area (Å²) >= 11 is 0. The van der Waals surface area contributed by atoms with E-state index in [9.17, 15) is 14.7 Å². The molecule has 27 heavy (non-hydrogen) atoms. The van der Waals surface area contributed by atoms with Crippen LogP contribution in [0.1, 0.15) is 48.9 Å². The Morgan fingerprint density at radius 3 is 2.56 bits per heavy atom. The molecule has 1 aromatic heterocycles. The number of carboxylic acids is 1. The number of hydrogen-bond donors (Lipinski definition) is 1. The fourth-order valence-electron chi connectivity index (χ4n) is 4.13. The Morgan fingerprint density at radius 2 is 1.96 bits per heavy atom. The van der Waals surface area contributed by atoms with E-state index in [0.717, 1.165) is 43.7 Å². The average Bonchev–Trinajstić information content (AvgIpc) is 2.99. The van der Waals surface area contributed by atoms with Crippen molar-refractivity contribution in [3.05, 3.63) is 17.0 Å². The lowest BCUT2D eigenvalue weighted by Gasteiger charge is -2.40. The molecule has 0 saturated carbocycles. The average molecular weight is 378 g/mol. The molecule has 0 spiro atoms. The van der Waals surface area contributed by atoms with Gasteiger partial charge in [0.2, 0.25) is 0 Å². The molecule has 8 nitrogen and oxygen atoms in total. The zero-order valence-electron chi connectivity index (χ0n) is 16.5. The Hall–Kier alpha value is -2.09. The van der Waals surface area contributed by atoms with Crippen LogP contribution < -0.4 is 0 Å². The molecule has 1 saturated heterocycles. The number of carboxylic acid groups (broad SMARTS) is 1. The van der Waals surface area contributed by atoms with E-state index in [0.29, 0.717) is 38.1 Å². The van der Waals surface area contributed by atoms with Gasteiger partial charge in [-0.2, -0.15) is 5.10 Å². The van der Waals surface area contributed by atoms with Gasteiger partial charge in [0.1, 0.15) is 0 Å². The predicted molar refractivity (Wildman–Crippen MR) is 100 cm³/mol. The maximum absolute atomic E-state index is 11.9. The van der Waals surface area contributed by atoms with Crippen molar-refractivity contribution in [1.29, 1.82) is 0 Å². The largest absolute Gasteiger partial charge is 0.476 e. The van der Waals surface area contributed by atoms with E-state index >= 15 is 0 Å². The number of fused-ring (bicyclic) bond motifs is 1. The van der Waals surface area contributed by atoms with Gasteiger partial charge in [0.05, 0.1) is 6.61 Å². The van der Waals surface area contributed by atoms with E-state index in [2.05, 4.69) is 23.8 Å². The van der Waals surface area contributed by atoms with Crippen LogP contribution in [-0.4, -0.2) is 75.6 Å². The first-order chi connectivity index (χ1) is 12.9. The summed E-state index contributed by atoms with van der Waals surface area (Å²) in [6.07, 6.45) is 2.32. The number of aromatic carboxylic acids is 1. The highest BCUT2D eigenvalue weighted by Crippen LogP contribution is 2.28. The third kappa shape index (κ3) is 4.26. The number of ether oxygens (including phenoxy) is 1. The highest BCUT2D eigenvalue weighted by atomic mass is 16.6. The van der Waals surface area contributed by atoms with Gasteiger partial charge >= 0.3 is 12.1 Å². The minimum atomic E-state index is -0.943. The number of piperazine rings is 1. The number of nitrogens with zero attached hydrogens (tertiary/aromatic N) is 4. The normalized spacial score (nSPS) is 20.6. The van der Waals surface area contributed by atoms with Crippen LogP contribution >= 0.6 is 0 Å². The van der Waals surface area contributed by atoms with Gasteiger partial charge in [-0.15, -0.1) is 0 Å². The van der Waals surface area contributed by atoms with Crippen LogP contribution in [0.2, 0.25) is 0 Å². The number of aromatic nitrogens is 2. The molecule has 2 aliphatic rings. The van der Waals surface area contributed by atoms with E-state index in [4.69, 9.17) is 4.74 Å². The lowest BCUT2D eigenvalue weighted by molar-refractivity contribution is 0.0621. The summed E-state index contributed by atoms with van der Waals surface area (Å²) in [6, 6.07) is 0.302. The monoisotopic (exact) mass is 378 g/mol. The molecule has 8 heteroatoms. The van der Waals surface area contributed by atoms with E-state index < -0.39 is 5.97 Å². The van der Waals surface area contributed by atoms with Crippen LogP contribution in [0.4, 0.5) is 4.79 Å². The van der Waals surface area contributed by atoms with Crippen molar-refractivity contribution >= 4 is 12.1 Å². The highest BCUT2D eigenvalue weighted by molar-refractivity contribution is 5.87. The quantitative estimate of drug-likeness (QED) is 0.842. The molecule has 3 rings (SSSR count). The minimum Gasteiger partial charge on any atom is -0.476 e. The Balaban J connectivity index is 1.69. The fourth-order valence-corrected chi connectivity index (χ4v) is 4.13. The summed E-state index contributed by atoms with van der Waals surface area (Å²) in [5.74, 6) is -0.522. The van der Waals surface area contributed by atoms with Crippen LogP contribution in [-0.2, 0) is 24.1 Å². The second kappa shape index (κ2) is 8.29. The Morgan fingerprint density at radius 1 is 1.26 bits per heavy atom. The molecular weight excluding hydrogens is 348 g/mol. The summed E-state index contributed by atoms with van der Waals surface area (Å²) in [7, 11) is 0. The molecule has 0 bridgehead atoms. The zero-order chi connectivity index (χ0) is 19.6. The molecule has 0 unspecified atom stereocenters. The Labute approximate surface area is 160 Å². The van der Waals surface area contributed by atoms with E-state index in [1.54, 1.807) is 4.90 Å². The first-order valence-corrected chi connectivity index (χ1v) is 9.88. The van der Waals surface area contributed by atoms with Gasteiger partial charge in [0.25, 0.3) is 0 Å². The second-order valence-corrected chi connectivity index (χ2v) is 7.77. The molecule has 1 N–H and O–H groups in total.